The highest BCUT2D eigenvalue weighted by Gasteiger charge is 2.31. The van der Waals surface area contributed by atoms with Gasteiger partial charge in [-0.05, 0) is 31.0 Å². The Hall–Kier alpha value is -2.24. The first-order valence-electron chi connectivity index (χ1n) is 8.53. The lowest BCUT2D eigenvalue weighted by Gasteiger charge is -2.24. The molecule has 0 radical (unpaired) electrons. The van der Waals surface area contributed by atoms with Gasteiger partial charge in [-0.15, -0.1) is 0 Å². The fraction of sp³-hybridized carbons (Fsp3) is 0.350. The van der Waals surface area contributed by atoms with E-state index in [1.54, 1.807) is 12.1 Å². The zero-order valence-corrected chi connectivity index (χ0v) is 14.3. The van der Waals surface area contributed by atoms with Crippen molar-refractivity contribution >= 4 is 5.91 Å². The molecule has 0 bridgehead atoms. The minimum absolute atomic E-state index is 0.0343. The number of likely N-dealkylation sites (tertiary alicyclic amines) is 1. The Balaban J connectivity index is 1.62. The van der Waals surface area contributed by atoms with Crippen LogP contribution >= 0.6 is 0 Å². The summed E-state index contributed by atoms with van der Waals surface area (Å²) in [5.74, 6) is -0.932. The number of halogens is 1. The van der Waals surface area contributed by atoms with E-state index in [0.717, 1.165) is 17.7 Å². The van der Waals surface area contributed by atoms with E-state index in [2.05, 4.69) is 10.2 Å². The van der Waals surface area contributed by atoms with E-state index in [-0.39, 0.29) is 11.6 Å². The van der Waals surface area contributed by atoms with Crippen LogP contribution in [0.1, 0.15) is 27.9 Å². The normalized spacial score (nSPS) is 20.6. The summed E-state index contributed by atoms with van der Waals surface area (Å²) in [7, 11) is 0. The highest BCUT2D eigenvalue weighted by molar-refractivity contribution is 5.94. The van der Waals surface area contributed by atoms with E-state index >= 15 is 0 Å². The van der Waals surface area contributed by atoms with Crippen molar-refractivity contribution < 1.29 is 14.3 Å². The van der Waals surface area contributed by atoms with Crippen LogP contribution in [0.5, 0.6) is 0 Å². The Labute approximate surface area is 147 Å². The Bertz CT molecular complexity index is 736. The van der Waals surface area contributed by atoms with Gasteiger partial charge in [-0.1, -0.05) is 42.0 Å². The molecule has 2 unspecified atom stereocenters. The van der Waals surface area contributed by atoms with Crippen LogP contribution in [0.3, 0.4) is 0 Å². The van der Waals surface area contributed by atoms with E-state index < -0.39 is 17.8 Å². The van der Waals surface area contributed by atoms with Crippen molar-refractivity contribution in [2.75, 3.05) is 13.1 Å². The number of rotatable bonds is 5. The topological polar surface area (TPSA) is 52.6 Å². The van der Waals surface area contributed by atoms with Crippen molar-refractivity contribution in [1.29, 1.82) is 0 Å². The second-order valence-corrected chi connectivity index (χ2v) is 6.65. The first-order chi connectivity index (χ1) is 12.0. The molecule has 2 N–H and O–H groups in total. The van der Waals surface area contributed by atoms with Crippen molar-refractivity contribution in [3.05, 3.63) is 71.0 Å². The lowest BCUT2D eigenvalue weighted by atomic mass is 10.1. The number of nitrogens with one attached hydrogen (secondary N) is 1. The van der Waals surface area contributed by atoms with Crippen LogP contribution in [0.15, 0.2) is 48.5 Å². The van der Waals surface area contributed by atoms with Gasteiger partial charge in [-0.3, -0.25) is 9.69 Å². The molecule has 25 heavy (non-hydrogen) atoms. The lowest BCUT2D eigenvalue weighted by molar-refractivity contribution is 0.0935. The van der Waals surface area contributed by atoms with Gasteiger partial charge >= 0.3 is 0 Å². The van der Waals surface area contributed by atoms with Gasteiger partial charge in [0.25, 0.3) is 5.91 Å². The third-order valence-electron chi connectivity index (χ3n) is 4.60. The smallest absolute Gasteiger partial charge is 0.254 e. The van der Waals surface area contributed by atoms with E-state index in [1.165, 1.54) is 6.07 Å². The molecule has 2 aromatic rings. The number of carbonyl (C=O) groups excluding carboxylic acids is 1. The number of carbonyl (C=O) groups is 1. The number of aliphatic hydroxyl groups excluding tert-OH is 1. The monoisotopic (exact) mass is 342 g/mol. The first kappa shape index (κ1) is 17.6. The number of amides is 1. The summed E-state index contributed by atoms with van der Waals surface area (Å²) < 4.78 is 13.8. The average molecular weight is 342 g/mol. The average Bonchev–Trinajstić information content (AvgIpc) is 2.95. The molecule has 0 aromatic heterocycles. The molecule has 0 spiro atoms. The van der Waals surface area contributed by atoms with Gasteiger partial charge < -0.3 is 10.4 Å². The second-order valence-electron chi connectivity index (χ2n) is 6.65. The summed E-state index contributed by atoms with van der Waals surface area (Å²) in [6, 6.07) is 14.6. The van der Waals surface area contributed by atoms with Crippen LogP contribution < -0.4 is 5.32 Å². The molecule has 1 fully saturated rings. The third kappa shape index (κ3) is 4.44. The maximum Gasteiger partial charge on any atom is 0.254 e. The highest BCUT2D eigenvalue weighted by atomic mass is 19.1. The molecule has 1 saturated heterocycles. The fourth-order valence-electron chi connectivity index (χ4n) is 3.30. The highest BCUT2D eigenvalue weighted by Crippen LogP contribution is 2.20. The number of benzene rings is 2. The second kappa shape index (κ2) is 7.76. The Morgan fingerprint density at radius 2 is 2.04 bits per heavy atom. The molecule has 4 nitrogen and oxygen atoms in total. The van der Waals surface area contributed by atoms with E-state index in [9.17, 15) is 14.3 Å². The minimum atomic E-state index is -0.518. The van der Waals surface area contributed by atoms with Crippen LogP contribution in [-0.4, -0.2) is 41.1 Å². The summed E-state index contributed by atoms with van der Waals surface area (Å²) >= 11 is 0. The lowest BCUT2D eigenvalue weighted by Crippen LogP contribution is -2.40. The van der Waals surface area contributed by atoms with Crippen LogP contribution in [-0.2, 0) is 6.54 Å². The SMILES string of the molecule is Cc1ccc(F)c(C(=O)NCC2CC(O)CN2Cc2ccccc2)c1. The summed E-state index contributed by atoms with van der Waals surface area (Å²) in [5, 5.41) is 12.8. The molecule has 2 atom stereocenters. The van der Waals surface area contributed by atoms with Gasteiger partial charge in [0.15, 0.2) is 0 Å². The quantitative estimate of drug-likeness (QED) is 0.878. The zero-order chi connectivity index (χ0) is 17.8. The molecule has 2 aromatic carbocycles. The van der Waals surface area contributed by atoms with Gasteiger partial charge in [-0.2, -0.15) is 0 Å². The maximum atomic E-state index is 13.8. The largest absolute Gasteiger partial charge is 0.392 e. The maximum absolute atomic E-state index is 13.8. The Morgan fingerprint density at radius 1 is 1.28 bits per heavy atom. The molecule has 132 valence electrons. The van der Waals surface area contributed by atoms with Crippen molar-refractivity contribution in [2.24, 2.45) is 0 Å². The predicted molar refractivity (Wildman–Crippen MR) is 94.7 cm³/mol. The van der Waals surface area contributed by atoms with Crippen molar-refractivity contribution in [2.45, 2.75) is 32.0 Å². The van der Waals surface area contributed by atoms with E-state index in [1.807, 2.05) is 37.3 Å². The van der Waals surface area contributed by atoms with Gasteiger partial charge in [0.05, 0.1) is 11.7 Å². The summed E-state index contributed by atoms with van der Waals surface area (Å²) in [4.78, 5) is 14.4. The van der Waals surface area contributed by atoms with Crippen molar-refractivity contribution in [3.8, 4) is 0 Å². The van der Waals surface area contributed by atoms with Gasteiger partial charge in [0.2, 0.25) is 0 Å². The summed E-state index contributed by atoms with van der Waals surface area (Å²) in [5.41, 5.74) is 2.07. The first-order valence-corrected chi connectivity index (χ1v) is 8.53. The number of aliphatic hydroxyl groups is 1. The molecule has 3 rings (SSSR count). The molecule has 0 saturated carbocycles. The minimum Gasteiger partial charge on any atom is -0.392 e. The van der Waals surface area contributed by atoms with Gasteiger partial charge in [-0.25, -0.2) is 4.39 Å². The Morgan fingerprint density at radius 3 is 2.80 bits per heavy atom. The zero-order valence-electron chi connectivity index (χ0n) is 14.3. The fourth-order valence-corrected chi connectivity index (χ4v) is 3.30. The van der Waals surface area contributed by atoms with Gasteiger partial charge in [0, 0.05) is 25.7 Å². The van der Waals surface area contributed by atoms with Crippen molar-refractivity contribution in [1.82, 2.24) is 10.2 Å². The number of hydrogen-bond acceptors (Lipinski definition) is 3. The predicted octanol–water partition coefficient (Wildman–Crippen LogP) is 2.50. The van der Waals surface area contributed by atoms with Crippen LogP contribution in [0.25, 0.3) is 0 Å². The van der Waals surface area contributed by atoms with Crippen LogP contribution in [0, 0.1) is 12.7 Å². The standard InChI is InChI=1S/C20H23FN2O2/c1-14-7-8-19(21)18(9-14)20(25)22-11-16-10-17(24)13-23(16)12-15-5-3-2-4-6-15/h2-9,16-17,24H,10-13H2,1H3,(H,22,25). The number of β-amino-alcohol motifs (C(OH)–C–C–N with tert-alkyl or cyclic N) is 1. The number of aryl methyl sites for hydroxylation is 1. The number of nitrogens with zero attached hydrogens (tertiary/aromatic N) is 1. The van der Waals surface area contributed by atoms with E-state index in [4.69, 9.17) is 0 Å². The molecular formula is C20H23FN2O2. The number of hydrogen-bond donors (Lipinski definition) is 2. The molecular weight excluding hydrogens is 319 g/mol. The van der Waals surface area contributed by atoms with Crippen LogP contribution in [0.4, 0.5) is 4.39 Å². The third-order valence-corrected chi connectivity index (χ3v) is 4.60. The molecule has 1 aliphatic heterocycles. The van der Waals surface area contributed by atoms with E-state index in [0.29, 0.717) is 19.5 Å². The van der Waals surface area contributed by atoms with Crippen LogP contribution in [0.2, 0.25) is 0 Å². The Kier molecular flexibility index (Phi) is 5.46. The summed E-state index contributed by atoms with van der Waals surface area (Å²) in [6.07, 6.45) is 0.199. The molecule has 5 heteroatoms. The molecule has 0 aliphatic carbocycles. The van der Waals surface area contributed by atoms with Crippen molar-refractivity contribution in [3.63, 3.8) is 0 Å². The molecule has 1 heterocycles. The van der Waals surface area contributed by atoms with Gasteiger partial charge in [0.1, 0.15) is 5.82 Å². The molecule has 1 aliphatic rings. The molecule has 1 amide bonds. The summed E-state index contributed by atoms with van der Waals surface area (Å²) in [6.45, 7) is 3.51.